The minimum atomic E-state index is -0.320. The molecule has 0 saturated heterocycles. The molecule has 2 rings (SSSR count). The number of likely N-dealkylation sites (N-methyl/N-ethyl adjacent to an activating group) is 1. The van der Waals surface area contributed by atoms with Crippen LogP contribution in [0.1, 0.15) is 12.6 Å². The van der Waals surface area contributed by atoms with Crippen molar-refractivity contribution in [1.82, 2.24) is 10.3 Å². The Labute approximate surface area is 111 Å². The fourth-order valence-corrected chi connectivity index (χ4v) is 1.91. The second-order valence-corrected chi connectivity index (χ2v) is 4.28. The van der Waals surface area contributed by atoms with Crippen molar-refractivity contribution < 1.29 is 9.18 Å². The largest absolute Gasteiger partial charge is 0.376 e. The summed E-state index contributed by atoms with van der Waals surface area (Å²) in [6.45, 7) is 4.47. The quantitative estimate of drug-likeness (QED) is 0.887. The lowest BCUT2D eigenvalue weighted by molar-refractivity contribution is -0.119. The van der Waals surface area contributed by atoms with Crippen LogP contribution in [0, 0.1) is 12.7 Å². The zero-order valence-corrected chi connectivity index (χ0v) is 11.0. The molecule has 0 atom stereocenters. The molecule has 1 amide bonds. The lowest BCUT2D eigenvalue weighted by atomic mass is 10.1. The van der Waals surface area contributed by atoms with Gasteiger partial charge in [0.25, 0.3) is 0 Å². The van der Waals surface area contributed by atoms with E-state index < -0.39 is 0 Å². The molecule has 0 aliphatic carbocycles. The van der Waals surface area contributed by atoms with Gasteiger partial charge in [-0.15, -0.1) is 0 Å². The van der Waals surface area contributed by atoms with Crippen LogP contribution in [0.4, 0.5) is 10.1 Å². The van der Waals surface area contributed by atoms with Crippen LogP contribution in [0.15, 0.2) is 24.3 Å². The predicted octanol–water partition coefficient (Wildman–Crippen LogP) is 2.23. The Morgan fingerprint density at radius 3 is 2.89 bits per heavy atom. The fraction of sp³-hybridized carbons (Fsp3) is 0.286. The summed E-state index contributed by atoms with van der Waals surface area (Å²) < 4.78 is 13.3. The first-order valence-corrected chi connectivity index (χ1v) is 6.17. The molecule has 19 heavy (non-hydrogen) atoms. The van der Waals surface area contributed by atoms with Crippen molar-refractivity contribution >= 4 is 22.5 Å². The summed E-state index contributed by atoms with van der Waals surface area (Å²) in [5.74, 6) is -0.416. The molecule has 0 saturated carbocycles. The van der Waals surface area contributed by atoms with Gasteiger partial charge in [-0.3, -0.25) is 9.78 Å². The third-order valence-corrected chi connectivity index (χ3v) is 2.71. The number of amides is 1. The van der Waals surface area contributed by atoms with Crippen LogP contribution in [0.2, 0.25) is 0 Å². The molecule has 0 aliphatic rings. The van der Waals surface area contributed by atoms with E-state index in [1.807, 2.05) is 13.8 Å². The van der Waals surface area contributed by atoms with Crippen molar-refractivity contribution in [2.24, 2.45) is 0 Å². The van der Waals surface area contributed by atoms with Crippen LogP contribution in [-0.2, 0) is 4.79 Å². The average molecular weight is 261 g/mol. The van der Waals surface area contributed by atoms with Crippen LogP contribution in [0.3, 0.4) is 0 Å². The van der Waals surface area contributed by atoms with E-state index in [2.05, 4.69) is 15.6 Å². The van der Waals surface area contributed by atoms with Crippen molar-refractivity contribution in [3.8, 4) is 0 Å². The second-order valence-electron chi connectivity index (χ2n) is 4.28. The number of nitrogens with zero attached hydrogens (tertiary/aromatic N) is 1. The molecular weight excluding hydrogens is 245 g/mol. The van der Waals surface area contributed by atoms with Gasteiger partial charge in [-0.2, -0.15) is 0 Å². The van der Waals surface area contributed by atoms with Crippen LogP contribution < -0.4 is 10.6 Å². The molecule has 0 bridgehead atoms. The standard InChI is InChI=1S/C14H16FN3O/c1-3-16-14(19)8-17-13-6-9(2)18-12-5-4-10(15)7-11(12)13/h4-7H,3,8H2,1-2H3,(H,16,19)(H,17,18). The fourth-order valence-electron chi connectivity index (χ4n) is 1.91. The molecule has 100 valence electrons. The number of carbonyl (C=O) groups is 1. The van der Waals surface area contributed by atoms with Crippen LogP contribution in [0.5, 0.6) is 0 Å². The Hall–Kier alpha value is -2.17. The van der Waals surface area contributed by atoms with Gasteiger partial charge in [0.1, 0.15) is 5.82 Å². The summed E-state index contributed by atoms with van der Waals surface area (Å²) in [5, 5.41) is 6.40. The zero-order chi connectivity index (χ0) is 13.8. The number of nitrogens with one attached hydrogen (secondary N) is 2. The lowest BCUT2D eigenvalue weighted by Gasteiger charge is -2.10. The number of hydrogen-bond acceptors (Lipinski definition) is 3. The third kappa shape index (κ3) is 3.19. The molecule has 1 aromatic carbocycles. The maximum Gasteiger partial charge on any atom is 0.239 e. The maximum absolute atomic E-state index is 13.3. The molecule has 0 radical (unpaired) electrons. The number of rotatable bonds is 4. The third-order valence-electron chi connectivity index (χ3n) is 2.71. The van der Waals surface area contributed by atoms with Crippen LogP contribution in [0.25, 0.3) is 10.9 Å². The SMILES string of the molecule is CCNC(=O)CNc1cc(C)nc2ccc(F)cc12. The Balaban J connectivity index is 2.30. The van der Waals surface area contributed by atoms with Gasteiger partial charge in [-0.1, -0.05) is 0 Å². The van der Waals surface area contributed by atoms with Crippen molar-refractivity contribution in [2.75, 3.05) is 18.4 Å². The number of aryl methyl sites for hydroxylation is 1. The van der Waals surface area contributed by atoms with Crippen LogP contribution in [-0.4, -0.2) is 24.0 Å². The number of benzene rings is 1. The van der Waals surface area contributed by atoms with Gasteiger partial charge in [0.15, 0.2) is 0 Å². The number of carbonyl (C=O) groups excluding carboxylic acids is 1. The Kier molecular flexibility index (Phi) is 3.94. The summed E-state index contributed by atoms with van der Waals surface area (Å²) in [5.41, 5.74) is 2.24. The molecule has 0 unspecified atom stereocenters. The van der Waals surface area contributed by atoms with Gasteiger partial charge in [0.2, 0.25) is 5.91 Å². The summed E-state index contributed by atoms with van der Waals surface area (Å²) in [4.78, 5) is 15.8. The molecule has 1 aromatic heterocycles. The van der Waals surface area contributed by atoms with Gasteiger partial charge >= 0.3 is 0 Å². The smallest absolute Gasteiger partial charge is 0.239 e. The molecule has 1 heterocycles. The summed E-state index contributed by atoms with van der Waals surface area (Å²) in [6.07, 6.45) is 0. The van der Waals surface area contributed by atoms with Crippen molar-refractivity contribution in [2.45, 2.75) is 13.8 Å². The summed E-state index contributed by atoms with van der Waals surface area (Å²) in [6, 6.07) is 6.24. The lowest BCUT2D eigenvalue weighted by Crippen LogP contribution is -2.29. The molecule has 0 aliphatic heterocycles. The minimum Gasteiger partial charge on any atom is -0.376 e. The molecule has 0 spiro atoms. The predicted molar refractivity (Wildman–Crippen MR) is 73.6 cm³/mol. The molecule has 4 nitrogen and oxygen atoms in total. The first-order chi connectivity index (χ1) is 9.10. The van der Waals surface area contributed by atoms with Gasteiger partial charge in [0.05, 0.1) is 12.1 Å². The molecular formula is C14H16FN3O. The zero-order valence-electron chi connectivity index (χ0n) is 11.0. The van der Waals surface area contributed by atoms with E-state index in [0.29, 0.717) is 23.1 Å². The first kappa shape index (κ1) is 13.3. The van der Waals surface area contributed by atoms with E-state index in [4.69, 9.17) is 0 Å². The Morgan fingerprint density at radius 1 is 1.37 bits per heavy atom. The highest BCUT2D eigenvalue weighted by molar-refractivity contribution is 5.93. The van der Waals surface area contributed by atoms with Gasteiger partial charge < -0.3 is 10.6 Å². The number of aromatic nitrogens is 1. The summed E-state index contributed by atoms with van der Waals surface area (Å²) in [7, 11) is 0. The van der Waals surface area contributed by atoms with Crippen molar-refractivity contribution in [3.05, 3.63) is 35.8 Å². The first-order valence-electron chi connectivity index (χ1n) is 6.17. The second kappa shape index (κ2) is 5.65. The van der Waals surface area contributed by atoms with E-state index in [-0.39, 0.29) is 18.3 Å². The highest BCUT2D eigenvalue weighted by atomic mass is 19.1. The number of anilines is 1. The van der Waals surface area contributed by atoms with E-state index in [9.17, 15) is 9.18 Å². The number of pyridine rings is 1. The van der Waals surface area contributed by atoms with Crippen LogP contribution >= 0.6 is 0 Å². The number of halogens is 1. The summed E-state index contributed by atoms with van der Waals surface area (Å²) >= 11 is 0. The Bertz CT molecular complexity index is 613. The van der Waals surface area contributed by atoms with Crippen molar-refractivity contribution in [1.29, 1.82) is 0 Å². The van der Waals surface area contributed by atoms with E-state index in [1.165, 1.54) is 12.1 Å². The van der Waals surface area contributed by atoms with Gasteiger partial charge in [0, 0.05) is 23.3 Å². The molecule has 0 fully saturated rings. The topological polar surface area (TPSA) is 54.0 Å². The average Bonchev–Trinajstić information content (AvgIpc) is 2.37. The van der Waals surface area contributed by atoms with Crippen molar-refractivity contribution in [3.63, 3.8) is 0 Å². The minimum absolute atomic E-state index is 0.0958. The van der Waals surface area contributed by atoms with E-state index in [1.54, 1.807) is 12.1 Å². The molecule has 2 N–H and O–H groups in total. The highest BCUT2D eigenvalue weighted by Gasteiger charge is 2.06. The molecule has 5 heteroatoms. The maximum atomic E-state index is 13.3. The highest BCUT2D eigenvalue weighted by Crippen LogP contribution is 2.23. The number of hydrogen-bond donors (Lipinski definition) is 2. The monoisotopic (exact) mass is 261 g/mol. The van der Waals surface area contributed by atoms with Gasteiger partial charge in [-0.25, -0.2) is 4.39 Å². The van der Waals surface area contributed by atoms with E-state index >= 15 is 0 Å². The Morgan fingerprint density at radius 2 is 2.16 bits per heavy atom. The van der Waals surface area contributed by atoms with E-state index in [0.717, 1.165) is 5.69 Å². The molecule has 2 aromatic rings. The number of fused-ring (bicyclic) bond motifs is 1. The van der Waals surface area contributed by atoms with Gasteiger partial charge in [-0.05, 0) is 38.1 Å². The normalized spacial score (nSPS) is 10.5.